The summed E-state index contributed by atoms with van der Waals surface area (Å²) in [6.45, 7) is 3.72. The van der Waals surface area contributed by atoms with Crippen molar-refractivity contribution in [1.82, 2.24) is 4.98 Å². The minimum absolute atomic E-state index is 0.147. The van der Waals surface area contributed by atoms with E-state index in [2.05, 4.69) is 50.9 Å². The van der Waals surface area contributed by atoms with Gasteiger partial charge in [-0.15, -0.1) is 0 Å². The largest absolute Gasteiger partial charge is 0.455 e. The van der Waals surface area contributed by atoms with Gasteiger partial charge in [-0.25, -0.2) is 0 Å². The molecule has 2 heterocycles. The first kappa shape index (κ1) is 19.6. The number of hydrogen-bond acceptors (Lipinski definition) is 2. The van der Waals surface area contributed by atoms with E-state index >= 15 is 0 Å². The fourth-order valence-electron chi connectivity index (χ4n) is 6.12. The number of hydrogen-bond donors (Lipinski definition) is 0. The Balaban J connectivity index is 1.57. The Kier molecular flexibility index (Phi) is 4.59. The van der Waals surface area contributed by atoms with Crippen LogP contribution in [0.25, 0.3) is 65.9 Å². The van der Waals surface area contributed by atoms with Crippen molar-refractivity contribution in [1.29, 1.82) is 0 Å². The topological polar surface area (TPSA) is 26.0 Å². The number of furan rings is 1. The van der Waals surface area contributed by atoms with Gasteiger partial charge in [0.15, 0.2) is 0 Å². The molecule has 0 atom stereocenters. The van der Waals surface area contributed by atoms with Crippen LogP contribution >= 0.6 is 0 Å². The standard InChI is InChI=1S/C39H35NO/c1-22(2)28-15-17-30(33(19-28)23(3)4)34-20-35(40-21-25(34)6)31-16-11-24(5)36-32-18-14-27-13-12-26-9-7-8-10-29(26)37(27)39(32)41-38(31)36/h7-23H,1-6H3/i5D3,6D3. The van der Waals surface area contributed by atoms with Crippen molar-refractivity contribution in [2.45, 2.75) is 53.2 Å². The van der Waals surface area contributed by atoms with Gasteiger partial charge >= 0.3 is 0 Å². The molecule has 0 N–H and O–H groups in total. The van der Waals surface area contributed by atoms with E-state index in [-0.39, 0.29) is 17.0 Å². The number of rotatable bonds is 4. The van der Waals surface area contributed by atoms with Crippen molar-refractivity contribution >= 4 is 43.5 Å². The summed E-state index contributed by atoms with van der Waals surface area (Å²) >= 11 is 0. The van der Waals surface area contributed by atoms with Crippen LogP contribution in [0, 0.1) is 13.7 Å². The van der Waals surface area contributed by atoms with Crippen LogP contribution in [0.1, 0.15) is 70.0 Å². The molecule has 0 aliphatic carbocycles. The normalized spacial score (nSPS) is 14.9. The van der Waals surface area contributed by atoms with Gasteiger partial charge in [-0.1, -0.05) is 94.4 Å². The molecule has 7 rings (SSSR count). The molecule has 0 bridgehead atoms. The lowest BCUT2D eigenvalue weighted by atomic mass is 9.87. The van der Waals surface area contributed by atoms with E-state index in [0.717, 1.165) is 32.7 Å². The zero-order valence-corrected chi connectivity index (χ0v) is 23.7. The van der Waals surface area contributed by atoms with Crippen molar-refractivity contribution < 1.29 is 12.6 Å². The van der Waals surface area contributed by atoms with Crippen LogP contribution in [-0.2, 0) is 0 Å². The third-order valence-electron chi connectivity index (χ3n) is 8.33. The smallest absolute Gasteiger partial charge is 0.145 e. The zero-order valence-electron chi connectivity index (χ0n) is 29.7. The average molecular weight is 540 g/mol. The highest BCUT2D eigenvalue weighted by Crippen LogP contribution is 2.43. The maximum atomic E-state index is 8.41. The number of pyridine rings is 1. The molecule has 0 saturated carbocycles. The molecule has 7 aromatic rings. The van der Waals surface area contributed by atoms with E-state index in [1.165, 1.54) is 11.8 Å². The fraction of sp³-hybridized carbons (Fsp3) is 0.205. The monoisotopic (exact) mass is 539 g/mol. The van der Waals surface area contributed by atoms with Crippen LogP contribution in [0.3, 0.4) is 0 Å². The summed E-state index contributed by atoms with van der Waals surface area (Å²) in [6.07, 6.45) is 1.44. The van der Waals surface area contributed by atoms with Gasteiger partial charge < -0.3 is 4.42 Å². The molecule has 0 unspecified atom stereocenters. The van der Waals surface area contributed by atoms with E-state index in [0.29, 0.717) is 44.7 Å². The fourth-order valence-corrected chi connectivity index (χ4v) is 6.12. The highest BCUT2D eigenvalue weighted by atomic mass is 16.3. The van der Waals surface area contributed by atoms with Crippen LogP contribution in [0.2, 0.25) is 0 Å². The number of benzene rings is 5. The molecule has 0 radical (unpaired) electrons. The highest BCUT2D eigenvalue weighted by Gasteiger charge is 2.20. The lowest BCUT2D eigenvalue weighted by Crippen LogP contribution is -1.99. The van der Waals surface area contributed by atoms with Crippen molar-refractivity contribution in [3.05, 3.63) is 113 Å². The molecular formula is C39H35NO. The molecule has 0 amide bonds. The quantitative estimate of drug-likeness (QED) is 0.208. The van der Waals surface area contributed by atoms with Crippen LogP contribution in [0.5, 0.6) is 0 Å². The van der Waals surface area contributed by atoms with Gasteiger partial charge in [0.2, 0.25) is 0 Å². The van der Waals surface area contributed by atoms with E-state index in [1.807, 2.05) is 54.6 Å². The minimum Gasteiger partial charge on any atom is -0.455 e. The van der Waals surface area contributed by atoms with Crippen molar-refractivity contribution in [3.8, 4) is 22.4 Å². The summed E-state index contributed by atoms with van der Waals surface area (Å²) in [5, 5.41) is 5.20. The Morgan fingerprint density at radius 2 is 1.41 bits per heavy atom. The first-order chi connectivity index (χ1) is 22.2. The minimum atomic E-state index is -2.40. The molecule has 0 aliphatic heterocycles. The van der Waals surface area contributed by atoms with Gasteiger partial charge in [-0.05, 0) is 93.3 Å². The van der Waals surface area contributed by atoms with Gasteiger partial charge in [-0.2, -0.15) is 0 Å². The van der Waals surface area contributed by atoms with Crippen LogP contribution < -0.4 is 0 Å². The van der Waals surface area contributed by atoms with E-state index in [4.69, 9.17) is 12.6 Å². The third-order valence-corrected chi connectivity index (χ3v) is 8.33. The summed E-state index contributed by atoms with van der Waals surface area (Å²) in [6, 6.07) is 27.6. The van der Waals surface area contributed by atoms with Crippen LogP contribution in [0.15, 0.2) is 95.5 Å². The summed E-state index contributed by atoms with van der Waals surface area (Å²) < 4.78 is 57.1. The molecule has 0 fully saturated rings. The van der Waals surface area contributed by atoms with Crippen LogP contribution in [-0.4, -0.2) is 4.98 Å². The Hall–Kier alpha value is -4.43. The summed E-state index contributed by atoms with van der Waals surface area (Å²) in [7, 11) is 0. The number of aryl methyl sites for hydroxylation is 2. The van der Waals surface area contributed by atoms with E-state index in [1.54, 1.807) is 12.1 Å². The van der Waals surface area contributed by atoms with Gasteiger partial charge in [-0.3, -0.25) is 4.98 Å². The first-order valence-corrected chi connectivity index (χ1v) is 14.2. The van der Waals surface area contributed by atoms with Gasteiger partial charge in [0.1, 0.15) is 11.2 Å². The van der Waals surface area contributed by atoms with Crippen molar-refractivity contribution in [2.24, 2.45) is 0 Å². The molecule has 2 heteroatoms. The molecule has 41 heavy (non-hydrogen) atoms. The van der Waals surface area contributed by atoms with Gasteiger partial charge in [0, 0.05) is 36.1 Å². The molecular weight excluding hydrogens is 498 g/mol. The van der Waals surface area contributed by atoms with Gasteiger partial charge in [0.25, 0.3) is 0 Å². The second-order valence-electron chi connectivity index (χ2n) is 11.6. The summed E-state index contributed by atoms with van der Waals surface area (Å²) in [5.74, 6) is 0.469. The molecule has 0 aliphatic rings. The predicted octanol–water partition coefficient (Wildman–Crippen LogP) is 11.5. The second-order valence-corrected chi connectivity index (χ2v) is 11.6. The Morgan fingerprint density at radius 1 is 0.634 bits per heavy atom. The Labute approximate surface area is 250 Å². The number of aromatic nitrogens is 1. The second kappa shape index (κ2) is 9.59. The molecule has 0 spiro atoms. The molecule has 5 aromatic carbocycles. The Bertz CT molecular complexity index is 2340. The van der Waals surface area contributed by atoms with Crippen molar-refractivity contribution in [3.63, 3.8) is 0 Å². The van der Waals surface area contributed by atoms with E-state index < -0.39 is 13.7 Å². The number of fused-ring (bicyclic) bond motifs is 7. The third kappa shape index (κ3) is 4.04. The first-order valence-electron chi connectivity index (χ1n) is 17.2. The number of nitrogens with zero attached hydrogens (tertiary/aromatic N) is 1. The average Bonchev–Trinajstić information content (AvgIpc) is 3.42. The highest BCUT2D eigenvalue weighted by molar-refractivity contribution is 6.24. The SMILES string of the molecule is [2H]C([2H])([2H])c1cnc(-c2ccc(C([2H])([2H])[2H])c3c2oc2c3ccc3ccc4ccccc4c32)cc1-c1ccc(C(C)C)cc1C(C)C. The maximum Gasteiger partial charge on any atom is 0.145 e. The summed E-state index contributed by atoms with van der Waals surface area (Å²) in [4.78, 5) is 4.69. The lowest BCUT2D eigenvalue weighted by Gasteiger charge is -2.18. The molecule has 202 valence electrons. The molecule has 0 saturated heterocycles. The zero-order chi connectivity index (χ0) is 33.4. The lowest BCUT2D eigenvalue weighted by molar-refractivity contribution is 0.673. The molecule has 2 nitrogen and oxygen atoms in total. The summed E-state index contributed by atoms with van der Waals surface area (Å²) in [5.41, 5.74) is 6.15. The molecule has 2 aromatic heterocycles. The van der Waals surface area contributed by atoms with Crippen molar-refractivity contribution in [2.75, 3.05) is 0 Å². The predicted molar refractivity (Wildman–Crippen MR) is 175 cm³/mol. The Morgan fingerprint density at radius 3 is 2.22 bits per heavy atom. The van der Waals surface area contributed by atoms with Crippen LogP contribution in [0.4, 0.5) is 0 Å². The van der Waals surface area contributed by atoms with E-state index in [9.17, 15) is 0 Å². The maximum absolute atomic E-state index is 8.41. The van der Waals surface area contributed by atoms with Gasteiger partial charge in [0.05, 0.1) is 5.69 Å².